The van der Waals surface area contributed by atoms with Gasteiger partial charge in [0.25, 0.3) is 5.91 Å². The maximum absolute atomic E-state index is 12.3. The number of carbonyl (C=O) groups excluding carboxylic acids is 1. The average Bonchev–Trinajstić information content (AvgIpc) is 3.08. The molecule has 134 valence electrons. The van der Waals surface area contributed by atoms with Crippen LogP contribution in [0.3, 0.4) is 0 Å². The molecule has 4 nitrogen and oxygen atoms in total. The summed E-state index contributed by atoms with van der Waals surface area (Å²) >= 11 is 7.68. The third-order valence-corrected chi connectivity index (χ3v) is 6.34. The van der Waals surface area contributed by atoms with Gasteiger partial charge in [-0.25, -0.2) is 4.98 Å². The molecule has 1 aromatic heterocycles. The normalized spacial score (nSPS) is 20.2. The van der Waals surface area contributed by atoms with Gasteiger partial charge in [-0.05, 0) is 36.4 Å². The van der Waals surface area contributed by atoms with E-state index >= 15 is 0 Å². The maximum Gasteiger partial charge on any atom is 0.279 e. The van der Waals surface area contributed by atoms with Crippen molar-refractivity contribution < 1.29 is 9.69 Å². The van der Waals surface area contributed by atoms with Gasteiger partial charge in [0.2, 0.25) is 0 Å². The van der Waals surface area contributed by atoms with Crippen molar-refractivity contribution in [2.75, 3.05) is 25.0 Å². The third-order valence-electron chi connectivity index (χ3n) is 4.89. The molecule has 0 aliphatic carbocycles. The second-order valence-electron chi connectivity index (χ2n) is 6.78. The van der Waals surface area contributed by atoms with E-state index in [1.54, 1.807) is 12.1 Å². The fourth-order valence-electron chi connectivity index (χ4n) is 3.48. The first-order valence-corrected chi connectivity index (χ1v) is 10.1. The molecule has 1 aliphatic heterocycles. The Kier molecular flexibility index (Phi) is 5.20. The van der Waals surface area contributed by atoms with E-state index in [9.17, 15) is 4.79 Å². The Morgan fingerprint density at radius 1 is 1.15 bits per heavy atom. The molecule has 0 spiro atoms. The summed E-state index contributed by atoms with van der Waals surface area (Å²) in [5, 5.41) is 4.87. The summed E-state index contributed by atoms with van der Waals surface area (Å²) in [7, 11) is 0. The van der Waals surface area contributed by atoms with Crippen LogP contribution in [0.15, 0.2) is 48.5 Å². The van der Waals surface area contributed by atoms with E-state index in [2.05, 4.69) is 23.5 Å². The number of rotatable bonds is 4. The van der Waals surface area contributed by atoms with Crippen LogP contribution in [0.5, 0.6) is 0 Å². The second kappa shape index (κ2) is 7.74. The van der Waals surface area contributed by atoms with Crippen LogP contribution in [0.25, 0.3) is 10.2 Å². The van der Waals surface area contributed by atoms with Gasteiger partial charge in [0, 0.05) is 29.5 Å². The van der Waals surface area contributed by atoms with Crippen molar-refractivity contribution >= 4 is 44.7 Å². The summed E-state index contributed by atoms with van der Waals surface area (Å²) in [6, 6.07) is 15.5. The molecule has 0 radical (unpaired) electrons. The van der Waals surface area contributed by atoms with Gasteiger partial charge < -0.3 is 10.2 Å². The minimum Gasteiger partial charge on any atom is -0.327 e. The van der Waals surface area contributed by atoms with E-state index in [-0.39, 0.29) is 5.91 Å². The van der Waals surface area contributed by atoms with Crippen molar-refractivity contribution in [1.82, 2.24) is 4.98 Å². The van der Waals surface area contributed by atoms with E-state index in [0.29, 0.717) is 17.5 Å². The number of para-hydroxylation sites is 1. The molecular weight excluding hydrogens is 366 g/mol. The van der Waals surface area contributed by atoms with Crippen LogP contribution in [0.2, 0.25) is 5.02 Å². The molecular formula is C20H21ClN3OS+. The zero-order valence-corrected chi connectivity index (χ0v) is 15.9. The number of nitrogens with zero attached hydrogens (tertiary/aromatic N) is 1. The molecule has 3 aromatic rings. The zero-order chi connectivity index (χ0) is 17.9. The Hall–Kier alpha value is -1.95. The molecule has 1 fully saturated rings. The topological polar surface area (TPSA) is 46.4 Å². The van der Waals surface area contributed by atoms with Crippen molar-refractivity contribution in [3.63, 3.8) is 0 Å². The largest absolute Gasteiger partial charge is 0.327 e. The standard InChI is InChI=1S/C20H20ClN3OS/c21-15-5-7-16(8-6-15)22-19(25)13-24-11-9-14(10-12-24)20-23-17-3-1-2-4-18(17)26-20/h1-8,14H,9-13H2,(H,22,25)/p+1. The highest BCUT2D eigenvalue weighted by Crippen LogP contribution is 2.31. The van der Waals surface area contributed by atoms with Gasteiger partial charge in [0.15, 0.2) is 6.54 Å². The monoisotopic (exact) mass is 386 g/mol. The molecule has 0 bridgehead atoms. The quantitative estimate of drug-likeness (QED) is 0.722. The van der Waals surface area contributed by atoms with Gasteiger partial charge in [-0.15, -0.1) is 11.3 Å². The van der Waals surface area contributed by atoms with E-state index in [1.807, 2.05) is 29.5 Å². The van der Waals surface area contributed by atoms with Crippen LogP contribution in [0.4, 0.5) is 5.69 Å². The number of benzene rings is 2. The lowest BCUT2D eigenvalue weighted by atomic mass is 9.97. The van der Waals surface area contributed by atoms with Crippen molar-refractivity contribution in [2.24, 2.45) is 0 Å². The number of amides is 1. The van der Waals surface area contributed by atoms with E-state index < -0.39 is 0 Å². The first kappa shape index (κ1) is 17.5. The Morgan fingerprint density at radius 3 is 2.62 bits per heavy atom. The third kappa shape index (κ3) is 4.06. The van der Waals surface area contributed by atoms with Crippen LogP contribution in [-0.2, 0) is 4.79 Å². The summed E-state index contributed by atoms with van der Waals surface area (Å²) in [5.41, 5.74) is 1.90. The average molecular weight is 387 g/mol. The van der Waals surface area contributed by atoms with E-state index in [0.717, 1.165) is 37.1 Å². The lowest BCUT2D eigenvalue weighted by Gasteiger charge is -2.27. The van der Waals surface area contributed by atoms with Gasteiger partial charge in [-0.2, -0.15) is 0 Å². The van der Waals surface area contributed by atoms with E-state index in [4.69, 9.17) is 16.6 Å². The summed E-state index contributed by atoms with van der Waals surface area (Å²) in [5.74, 6) is 0.580. The van der Waals surface area contributed by atoms with Crippen molar-refractivity contribution in [1.29, 1.82) is 0 Å². The first-order valence-electron chi connectivity index (χ1n) is 8.92. The molecule has 0 unspecified atom stereocenters. The number of thiazole rings is 1. The Balaban J connectivity index is 1.30. The predicted molar refractivity (Wildman–Crippen MR) is 107 cm³/mol. The number of quaternary nitrogens is 1. The molecule has 6 heteroatoms. The predicted octanol–water partition coefficient (Wildman–Crippen LogP) is 3.35. The minimum atomic E-state index is 0.0563. The minimum absolute atomic E-state index is 0.0563. The van der Waals surface area contributed by atoms with Crippen molar-refractivity contribution in [3.05, 3.63) is 58.6 Å². The molecule has 1 aliphatic rings. The van der Waals surface area contributed by atoms with Gasteiger partial charge in [-0.3, -0.25) is 4.79 Å². The number of likely N-dealkylation sites (tertiary alicyclic amines) is 1. The van der Waals surface area contributed by atoms with Gasteiger partial charge in [0.1, 0.15) is 0 Å². The number of carbonyl (C=O) groups is 1. The number of piperidine rings is 1. The molecule has 26 heavy (non-hydrogen) atoms. The zero-order valence-electron chi connectivity index (χ0n) is 14.4. The molecule has 1 saturated heterocycles. The fraction of sp³-hybridized carbons (Fsp3) is 0.300. The molecule has 2 aromatic carbocycles. The smallest absolute Gasteiger partial charge is 0.279 e. The summed E-state index contributed by atoms with van der Waals surface area (Å²) in [6.07, 6.45) is 2.17. The molecule has 2 heterocycles. The van der Waals surface area contributed by atoms with Crippen LogP contribution < -0.4 is 10.2 Å². The van der Waals surface area contributed by atoms with Crippen molar-refractivity contribution in [2.45, 2.75) is 18.8 Å². The molecule has 0 saturated carbocycles. The Morgan fingerprint density at radius 2 is 1.88 bits per heavy atom. The number of nitrogens with one attached hydrogen (secondary N) is 2. The number of hydrogen-bond acceptors (Lipinski definition) is 3. The van der Waals surface area contributed by atoms with Crippen LogP contribution in [0.1, 0.15) is 23.8 Å². The molecule has 2 N–H and O–H groups in total. The van der Waals surface area contributed by atoms with Crippen LogP contribution in [0, 0.1) is 0 Å². The number of aromatic nitrogens is 1. The number of halogens is 1. The number of hydrogen-bond donors (Lipinski definition) is 2. The highest BCUT2D eigenvalue weighted by Gasteiger charge is 2.27. The van der Waals surface area contributed by atoms with Gasteiger partial charge in [-0.1, -0.05) is 23.7 Å². The number of fused-ring (bicyclic) bond motifs is 1. The SMILES string of the molecule is O=C(C[NH+]1CCC(c2nc3ccccc3s2)CC1)Nc1ccc(Cl)cc1. The summed E-state index contributed by atoms with van der Waals surface area (Å²) < 4.78 is 1.26. The molecule has 4 rings (SSSR count). The van der Waals surface area contributed by atoms with Crippen LogP contribution >= 0.6 is 22.9 Å². The fourth-order valence-corrected chi connectivity index (χ4v) is 4.74. The lowest BCUT2D eigenvalue weighted by molar-refractivity contribution is -0.897. The Bertz CT molecular complexity index is 868. The van der Waals surface area contributed by atoms with Crippen LogP contribution in [-0.4, -0.2) is 30.5 Å². The first-order chi connectivity index (χ1) is 12.7. The summed E-state index contributed by atoms with van der Waals surface area (Å²) in [4.78, 5) is 18.4. The highest BCUT2D eigenvalue weighted by atomic mass is 35.5. The second-order valence-corrected chi connectivity index (χ2v) is 8.27. The highest BCUT2D eigenvalue weighted by molar-refractivity contribution is 7.18. The van der Waals surface area contributed by atoms with Gasteiger partial charge in [0.05, 0.1) is 28.3 Å². The maximum atomic E-state index is 12.3. The lowest BCUT2D eigenvalue weighted by Crippen LogP contribution is -3.14. The summed E-state index contributed by atoms with van der Waals surface area (Å²) in [6.45, 7) is 2.53. The number of anilines is 1. The van der Waals surface area contributed by atoms with Crippen molar-refractivity contribution in [3.8, 4) is 0 Å². The molecule has 0 atom stereocenters. The van der Waals surface area contributed by atoms with Gasteiger partial charge >= 0.3 is 0 Å². The Labute approximate surface area is 161 Å². The van der Waals surface area contributed by atoms with E-state index in [1.165, 1.54) is 14.6 Å². The molecule has 1 amide bonds.